The van der Waals surface area contributed by atoms with Crippen LogP contribution in [0.25, 0.3) is 11.3 Å². The number of nitrogen functional groups attached to an aromatic ring is 1. The average molecular weight is 223 g/mol. The highest BCUT2D eigenvalue weighted by molar-refractivity contribution is 5.72. The summed E-state index contributed by atoms with van der Waals surface area (Å²) in [6.07, 6.45) is 0. The van der Waals surface area contributed by atoms with Crippen molar-refractivity contribution in [3.05, 3.63) is 24.0 Å². The number of hydrogen-bond donors (Lipinski definition) is 3. The summed E-state index contributed by atoms with van der Waals surface area (Å²) in [7, 11) is 1.64. The maximum Gasteiger partial charge on any atom is 0.194 e. The predicted molar refractivity (Wildman–Crippen MR) is 56.3 cm³/mol. The molecule has 84 valence electrons. The van der Waals surface area contributed by atoms with Gasteiger partial charge in [0.15, 0.2) is 17.3 Å². The van der Waals surface area contributed by atoms with E-state index in [1.807, 2.05) is 0 Å². The Hall–Kier alpha value is -2.24. The fourth-order valence-corrected chi connectivity index (χ4v) is 1.38. The SMILES string of the molecule is Cn1nc(-c2ccc(F)c(O)c2O)cc1N. The highest BCUT2D eigenvalue weighted by atomic mass is 19.1. The van der Waals surface area contributed by atoms with Gasteiger partial charge in [-0.25, -0.2) is 4.39 Å². The summed E-state index contributed by atoms with van der Waals surface area (Å²) in [5.74, 6) is -1.82. The molecule has 6 heteroatoms. The maximum atomic E-state index is 12.9. The second kappa shape index (κ2) is 3.41. The Morgan fingerprint density at radius 1 is 1.31 bits per heavy atom. The van der Waals surface area contributed by atoms with Gasteiger partial charge in [0.1, 0.15) is 5.82 Å². The summed E-state index contributed by atoms with van der Waals surface area (Å²) in [5.41, 5.74) is 6.17. The molecule has 0 radical (unpaired) electrons. The van der Waals surface area contributed by atoms with E-state index in [1.165, 1.54) is 16.8 Å². The van der Waals surface area contributed by atoms with Crippen LogP contribution in [0.3, 0.4) is 0 Å². The van der Waals surface area contributed by atoms with Crippen LogP contribution in [-0.4, -0.2) is 20.0 Å². The summed E-state index contributed by atoms with van der Waals surface area (Å²) >= 11 is 0. The van der Waals surface area contributed by atoms with Crippen molar-refractivity contribution in [1.82, 2.24) is 9.78 Å². The van der Waals surface area contributed by atoms with Gasteiger partial charge in [-0.05, 0) is 12.1 Å². The van der Waals surface area contributed by atoms with Gasteiger partial charge in [-0.2, -0.15) is 5.10 Å². The third kappa shape index (κ3) is 1.44. The Bertz CT molecular complexity index is 532. The first kappa shape index (κ1) is 10.3. The molecule has 0 fully saturated rings. The highest BCUT2D eigenvalue weighted by Gasteiger charge is 2.15. The Morgan fingerprint density at radius 2 is 2.00 bits per heavy atom. The number of rotatable bonds is 1. The maximum absolute atomic E-state index is 12.9. The highest BCUT2D eigenvalue weighted by Crippen LogP contribution is 2.37. The molecule has 0 aliphatic carbocycles. The molecule has 0 atom stereocenters. The molecular formula is C10H10FN3O2. The van der Waals surface area contributed by atoms with Crippen LogP contribution in [0, 0.1) is 5.82 Å². The van der Waals surface area contributed by atoms with Crippen LogP contribution >= 0.6 is 0 Å². The molecule has 16 heavy (non-hydrogen) atoms. The lowest BCUT2D eigenvalue weighted by molar-refractivity contribution is 0.380. The zero-order valence-electron chi connectivity index (χ0n) is 8.48. The van der Waals surface area contributed by atoms with E-state index in [4.69, 9.17) is 5.73 Å². The molecule has 1 aromatic carbocycles. The number of phenols is 2. The quantitative estimate of drug-likeness (QED) is 0.634. The van der Waals surface area contributed by atoms with Gasteiger partial charge in [0, 0.05) is 18.7 Å². The number of anilines is 1. The van der Waals surface area contributed by atoms with Crippen molar-refractivity contribution in [2.24, 2.45) is 7.05 Å². The topological polar surface area (TPSA) is 84.3 Å². The van der Waals surface area contributed by atoms with Crippen LogP contribution in [0.15, 0.2) is 18.2 Å². The van der Waals surface area contributed by atoms with Gasteiger partial charge in [0.2, 0.25) is 0 Å². The van der Waals surface area contributed by atoms with Gasteiger partial charge in [0.25, 0.3) is 0 Å². The fraction of sp³-hybridized carbons (Fsp3) is 0.100. The lowest BCUT2D eigenvalue weighted by Crippen LogP contribution is -1.96. The number of aryl methyl sites for hydroxylation is 1. The van der Waals surface area contributed by atoms with Gasteiger partial charge >= 0.3 is 0 Å². The molecule has 0 unspecified atom stereocenters. The Balaban J connectivity index is 2.61. The van der Waals surface area contributed by atoms with Gasteiger partial charge < -0.3 is 15.9 Å². The average Bonchev–Trinajstić information content (AvgIpc) is 2.56. The number of aromatic nitrogens is 2. The molecule has 0 aliphatic rings. The summed E-state index contributed by atoms with van der Waals surface area (Å²) in [5, 5.41) is 22.8. The van der Waals surface area contributed by atoms with Crippen LogP contribution in [0.5, 0.6) is 11.5 Å². The molecule has 0 amide bonds. The third-order valence-corrected chi connectivity index (χ3v) is 2.29. The molecule has 1 aromatic heterocycles. The first-order valence-electron chi connectivity index (χ1n) is 4.51. The van der Waals surface area contributed by atoms with Crippen molar-refractivity contribution >= 4 is 5.82 Å². The van der Waals surface area contributed by atoms with E-state index >= 15 is 0 Å². The van der Waals surface area contributed by atoms with E-state index in [-0.39, 0.29) is 5.56 Å². The van der Waals surface area contributed by atoms with E-state index < -0.39 is 17.3 Å². The molecule has 0 saturated carbocycles. The van der Waals surface area contributed by atoms with Crippen LogP contribution in [-0.2, 0) is 7.05 Å². The second-order valence-electron chi connectivity index (χ2n) is 3.37. The van der Waals surface area contributed by atoms with Gasteiger partial charge in [-0.1, -0.05) is 0 Å². The number of nitrogens with zero attached hydrogens (tertiary/aromatic N) is 2. The van der Waals surface area contributed by atoms with Crippen molar-refractivity contribution in [2.75, 3.05) is 5.73 Å². The number of benzene rings is 1. The summed E-state index contributed by atoms with van der Waals surface area (Å²) in [6, 6.07) is 3.90. The largest absolute Gasteiger partial charge is 0.504 e. The zero-order chi connectivity index (χ0) is 11.9. The van der Waals surface area contributed by atoms with Gasteiger partial charge in [-0.15, -0.1) is 0 Å². The van der Waals surface area contributed by atoms with Crippen molar-refractivity contribution in [2.45, 2.75) is 0 Å². The van der Waals surface area contributed by atoms with E-state index in [0.29, 0.717) is 11.5 Å². The van der Waals surface area contributed by atoms with Gasteiger partial charge in [-0.3, -0.25) is 4.68 Å². The fourth-order valence-electron chi connectivity index (χ4n) is 1.38. The first-order chi connectivity index (χ1) is 7.50. The summed E-state index contributed by atoms with van der Waals surface area (Å²) < 4.78 is 14.3. The number of phenolic OH excluding ortho intramolecular Hbond substituents is 2. The van der Waals surface area contributed by atoms with E-state index in [0.717, 1.165) is 6.07 Å². The number of hydrogen-bond acceptors (Lipinski definition) is 4. The molecule has 1 heterocycles. The number of halogens is 1. The molecule has 0 bridgehead atoms. The third-order valence-electron chi connectivity index (χ3n) is 2.29. The van der Waals surface area contributed by atoms with E-state index in [2.05, 4.69) is 5.10 Å². The van der Waals surface area contributed by atoms with E-state index in [9.17, 15) is 14.6 Å². The molecule has 0 aliphatic heterocycles. The lowest BCUT2D eigenvalue weighted by Gasteiger charge is -2.03. The molecular weight excluding hydrogens is 213 g/mol. The van der Waals surface area contributed by atoms with Crippen LogP contribution in [0.2, 0.25) is 0 Å². The smallest absolute Gasteiger partial charge is 0.194 e. The second-order valence-corrected chi connectivity index (χ2v) is 3.37. The van der Waals surface area contributed by atoms with Gasteiger partial charge in [0.05, 0.1) is 5.69 Å². The number of aromatic hydroxyl groups is 2. The van der Waals surface area contributed by atoms with Crippen molar-refractivity contribution in [3.63, 3.8) is 0 Å². The van der Waals surface area contributed by atoms with Crippen LogP contribution in [0.4, 0.5) is 10.2 Å². The molecule has 0 spiro atoms. The van der Waals surface area contributed by atoms with Crippen LogP contribution in [0.1, 0.15) is 0 Å². The first-order valence-corrected chi connectivity index (χ1v) is 4.51. The lowest BCUT2D eigenvalue weighted by atomic mass is 10.1. The Morgan fingerprint density at radius 3 is 2.56 bits per heavy atom. The minimum atomic E-state index is -0.884. The predicted octanol–water partition coefficient (Wildman–Crippen LogP) is 1.22. The van der Waals surface area contributed by atoms with Crippen molar-refractivity contribution in [3.8, 4) is 22.8 Å². The summed E-state index contributed by atoms with van der Waals surface area (Å²) in [4.78, 5) is 0. The molecule has 5 nitrogen and oxygen atoms in total. The minimum Gasteiger partial charge on any atom is -0.504 e. The Kier molecular flexibility index (Phi) is 2.19. The summed E-state index contributed by atoms with van der Waals surface area (Å²) in [6.45, 7) is 0. The molecule has 2 rings (SSSR count). The van der Waals surface area contributed by atoms with Crippen molar-refractivity contribution < 1.29 is 14.6 Å². The molecule has 4 N–H and O–H groups in total. The van der Waals surface area contributed by atoms with Crippen molar-refractivity contribution in [1.29, 1.82) is 0 Å². The van der Waals surface area contributed by atoms with E-state index in [1.54, 1.807) is 7.05 Å². The monoisotopic (exact) mass is 223 g/mol. The van der Waals surface area contributed by atoms with Crippen LogP contribution < -0.4 is 5.73 Å². The molecule has 0 saturated heterocycles. The molecule has 2 aromatic rings. The Labute approximate surface area is 90.6 Å². The standard InChI is InChI=1S/C10H10FN3O2/c1-14-8(12)4-7(13-14)5-2-3-6(11)10(16)9(5)15/h2-4,15-16H,12H2,1H3. The zero-order valence-corrected chi connectivity index (χ0v) is 8.48. The minimum absolute atomic E-state index is 0.228. The normalized spacial score (nSPS) is 10.6. The number of nitrogens with two attached hydrogens (primary N) is 1.